The predicted octanol–water partition coefficient (Wildman–Crippen LogP) is 7.12. The van der Waals surface area contributed by atoms with Gasteiger partial charge in [0.25, 0.3) is 0 Å². The summed E-state index contributed by atoms with van der Waals surface area (Å²) >= 11 is -2.25. The van der Waals surface area contributed by atoms with Crippen LogP contribution in [0, 0.1) is 0 Å². The van der Waals surface area contributed by atoms with Crippen LogP contribution in [0.5, 0.6) is 0 Å². The van der Waals surface area contributed by atoms with Crippen LogP contribution in [0.2, 0.25) is 60.2 Å². The summed E-state index contributed by atoms with van der Waals surface area (Å²) in [5.41, 5.74) is 3.44. The Hall–Kier alpha value is -0.00260. The van der Waals surface area contributed by atoms with E-state index in [2.05, 4.69) is 85.5 Å². The van der Waals surface area contributed by atoms with Crippen molar-refractivity contribution in [3.8, 4) is 0 Å². The molecule has 1 aliphatic heterocycles. The van der Waals surface area contributed by atoms with Gasteiger partial charge in [-0.05, 0) is 0 Å². The first-order valence-electron chi connectivity index (χ1n) is 9.66. The molecular weight excluding hydrogens is 438 g/mol. The van der Waals surface area contributed by atoms with Crippen molar-refractivity contribution in [2.24, 2.45) is 0 Å². The molecule has 1 rings (SSSR count). The summed E-state index contributed by atoms with van der Waals surface area (Å²) in [6.07, 6.45) is 9.54. The van der Waals surface area contributed by atoms with E-state index in [4.69, 9.17) is 0 Å². The Kier molecular flexibility index (Phi) is 7.69. The Bertz CT molecular complexity index is 603. The monoisotopic (exact) mass is 478 g/mol. The molecule has 0 aromatic heterocycles. The average molecular weight is 477 g/mol. The van der Waals surface area contributed by atoms with Gasteiger partial charge in [0, 0.05) is 0 Å². The zero-order chi connectivity index (χ0) is 19.6. The number of hydrogen-bond donors (Lipinski definition) is 0. The zero-order valence-corrected chi connectivity index (χ0v) is 22.9. The van der Waals surface area contributed by atoms with Crippen LogP contribution in [-0.4, -0.2) is 41.2 Å². The van der Waals surface area contributed by atoms with E-state index in [0.29, 0.717) is 6.71 Å². The minimum absolute atomic E-state index is 0.566. The fraction of sp³-hybridized carbons (Fsp3) is 0.524. The first-order valence-corrected chi connectivity index (χ1v) is 26.1. The summed E-state index contributed by atoms with van der Waals surface area (Å²) in [4.78, 5) is 9.78. The van der Waals surface area contributed by atoms with E-state index >= 15 is 0 Å². The molecule has 0 aliphatic carbocycles. The molecule has 1 heterocycles. The fourth-order valence-electron chi connectivity index (χ4n) is 5.40. The molecule has 0 atom stereocenters. The summed E-state index contributed by atoms with van der Waals surface area (Å²) in [7, 11) is -2.94. The van der Waals surface area contributed by atoms with Gasteiger partial charge in [-0.25, -0.2) is 0 Å². The Morgan fingerprint density at radius 2 is 1.44 bits per heavy atom. The molecule has 0 N–H and O–H groups in total. The molecule has 0 radical (unpaired) electrons. The standard InChI is InChI=1S/C18H30BSi2.3CH3.Sn/c1-9-12-16-17(19(13-10-2)14-11-3)15-21(7,8)18(16)20(4,5)6;;;;/h9-11H,1-3,12-14H2,4-8H3;3*1H3;. The SMILES string of the molecule is C=CCB(CC=C)C1=[C]([Sn]([CH3])([CH3])[CH3])[Si](C)(C)C([Si](C)(C)C)=C1CC=C. The molecule has 25 heavy (non-hydrogen) atoms. The van der Waals surface area contributed by atoms with Gasteiger partial charge in [0.2, 0.25) is 0 Å². The van der Waals surface area contributed by atoms with Crippen molar-refractivity contribution in [1.82, 2.24) is 0 Å². The maximum atomic E-state index is 4.11. The van der Waals surface area contributed by atoms with E-state index in [-0.39, 0.29) is 0 Å². The molecule has 0 fully saturated rings. The van der Waals surface area contributed by atoms with Crippen LogP contribution >= 0.6 is 0 Å². The number of rotatable bonds is 9. The van der Waals surface area contributed by atoms with Crippen molar-refractivity contribution in [3.63, 3.8) is 0 Å². The van der Waals surface area contributed by atoms with E-state index in [1.165, 1.54) is 0 Å². The van der Waals surface area contributed by atoms with E-state index in [1.54, 1.807) is 11.0 Å². The first-order chi connectivity index (χ1) is 11.3. The van der Waals surface area contributed by atoms with Crippen molar-refractivity contribution in [3.05, 3.63) is 57.0 Å². The van der Waals surface area contributed by atoms with Gasteiger partial charge in [-0.2, -0.15) is 0 Å². The fourth-order valence-corrected chi connectivity index (χ4v) is 40.1. The third-order valence-corrected chi connectivity index (χ3v) is 29.7. The molecule has 1 aliphatic rings. The molecule has 138 valence electrons. The van der Waals surface area contributed by atoms with Crippen LogP contribution in [0.4, 0.5) is 0 Å². The van der Waals surface area contributed by atoms with Crippen molar-refractivity contribution < 1.29 is 0 Å². The van der Waals surface area contributed by atoms with Gasteiger partial charge in [0.15, 0.2) is 0 Å². The molecule has 0 saturated heterocycles. The molecule has 0 amide bonds. The Labute approximate surface area is 164 Å². The molecule has 0 aromatic carbocycles. The normalized spacial score (nSPS) is 17.8. The number of allylic oxidation sites excluding steroid dienone is 5. The molecule has 0 nitrogen and oxygen atoms in total. The van der Waals surface area contributed by atoms with E-state index in [9.17, 15) is 0 Å². The van der Waals surface area contributed by atoms with Crippen molar-refractivity contribution >= 4 is 41.2 Å². The average Bonchev–Trinajstić information content (AvgIpc) is 2.65. The molecule has 0 saturated carbocycles. The summed E-state index contributed by atoms with van der Waals surface area (Å²) in [6, 6.07) is 0. The van der Waals surface area contributed by atoms with Crippen LogP contribution in [0.1, 0.15) is 6.42 Å². The van der Waals surface area contributed by atoms with Crippen LogP contribution in [0.3, 0.4) is 0 Å². The van der Waals surface area contributed by atoms with Crippen LogP contribution in [0.25, 0.3) is 0 Å². The summed E-state index contributed by atoms with van der Waals surface area (Å²) in [5, 5.41) is 0. The van der Waals surface area contributed by atoms with Gasteiger partial charge in [-0.1, -0.05) is 0 Å². The third kappa shape index (κ3) is 4.84. The van der Waals surface area contributed by atoms with Crippen LogP contribution in [-0.2, 0) is 0 Å². The second-order valence-corrected chi connectivity index (χ2v) is 35.5. The third-order valence-electron chi connectivity index (χ3n) is 5.31. The van der Waals surface area contributed by atoms with E-state index in [1.807, 2.05) is 8.03 Å². The topological polar surface area (TPSA) is 0 Å². The molecular formula is C21H39BSi2Sn. The first kappa shape index (κ1) is 23.0. The van der Waals surface area contributed by atoms with Crippen molar-refractivity contribution in [2.45, 2.75) is 66.6 Å². The van der Waals surface area contributed by atoms with E-state index in [0.717, 1.165) is 19.1 Å². The van der Waals surface area contributed by atoms with Gasteiger partial charge >= 0.3 is 165 Å². The quantitative estimate of drug-likeness (QED) is 0.245. The zero-order valence-electron chi connectivity index (χ0n) is 18.1. The maximum absolute atomic E-state index is 4.11. The Morgan fingerprint density at radius 1 is 0.960 bits per heavy atom. The molecule has 4 heteroatoms. The van der Waals surface area contributed by atoms with Gasteiger partial charge in [-0.15, -0.1) is 0 Å². The summed E-state index contributed by atoms with van der Waals surface area (Å²) < 4.78 is 1.98. The molecule has 0 aromatic rings. The van der Waals surface area contributed by atoms with Crippen LogP contribution in [0.15, 0.2) is 57.0 Å². The summed E-state index contributed by atoms with van der Waals surface area (Å²) in [5.74, 6) is 0. The molecule has 0 bridgehead atoms. The van der Waals surface area contributed by atoms with Crippen molar-refractivity contribution in [2.75, 3.05) is 0 Å². The molecule has 0 unspecified atom stereocenters. The Balaban J connectivity index is 3.89. The van der Waals surface area contributed by atoms with Crippen molar-refractivity contribution in [1.29, 1.82) is 0 Å². The van der Waals surface area contributed by atoms with Gasteiger partial charge in [-0.3, -0.25) is 0 Å². The summed E-state index contributed by atoms with van der Waals surface area (Å²) in [6.45, 7) is 25.7. The van der Waals surface area contributed by atoms with Gasteiger partial charge < -0.3 is 0 Å². The van der Waals surface area contributed by atoms with Gasteiger partial charge in [0.05, 0.1) is 0 Å². The molecule has 0 spiro atoms. The Morgan fingerprint density at radius 3 is 1.76 bits per heavy atom. The minimum atomic E-state index is -2.25. The second-order valence-electron chi connectivity index (χ2n) is 10.0. The number of hydrogen-bond acceptors (Lipinski definition) is 0. The predicted molar refractivity (Wildman–Crippen MR) is 129 cm³/mol. The second kappa shape index (κ2) is 8.35. The van der Waals surface area contributed by atoms with Crippen LogP contribution < -0.4 is 0 Å². The van der Waals surface area contributed by atoms with E-state index < -0.39 is 34.5 Å². The van der Waals surface area contributed by atoms with Gasteiger partial charge in [0.1, 0.15) is 0 Å².